The molecule has 3 aromatic rings. The van der Waals surface area contributed by atoms with Gasteiger partial charge >= 0.3 is 7.60 Å². The van der Waals surface area contributed by atoms with Gasteiger partial charge in [0.15, 0.2) is 0 Å². The molecule has 1 aliphatic carbocycles. The summed E-state index contributed by atoms with van der Waals surface area (Å²) >= 11 is 0. The normalized spacial score (nSPS) is 13.4. The quantitative estimate of drug-likeness (QED) is 0.119. The van der Waals surface area contributed by atoms with E-state index >= 15 is 0 Å². The highest BCUT2D eigenvalue weighted by Crippen LogP contribution is 2.53. The fraction of sp³-hybridized carbons (Fsp3) is 0.457. The Morgan fingerprint density at radius 2 is 1.43 bits per heavy atom. The van der Waals surface area contributed by atoms with Gasteiger partial charge in [0.1, 0.15) is 11.2 Å². The summed E-state index contributed by atoms with van der Waals surface area (Å²) in [5, 5.41) is 3.28. The summed E-state index contributed by atoms with van der Waals surface area (Å²) in [6.07, 6.45) is 6.69. The Balaban J connectivity index is 1.53. The maximum Gasteiger partial charge on any atom is 0.330 e. The van der Waals surface area contributed by atoms with Crippen molar-refractivity contribution in [2.75, 3.05) is 33.0 Å². The van der Waals surface area contributed by atoms with E-state index in [4.69, 9.17) is 13.8 Å². The monoisotopic (exact) mass is 591 g/mol. The second-order valence-electron chi connectivity index (χ2n) is 11.0. The van der Waals surface area contributed by atoms with Gasteiger partial charge in [-0.05, 0) is 72.1 Å². The topological polar surface area (TPSA) is 73.9 Å². The van der Waals surface area contributed by atoms with Crippen LogP contribution >= 0.6 is 7.60 Å². The van der Waals surface area contributed by atoms with Gasteiger partial charge in [-0.15, -0.1) is 0 Å². The average molecular weight is 592 g/mol. The van der Waals surface area contributed by atoms with Crippen molar-refractivity contribution in [2.45, 2.75) is 70.6 Å². The van der Waals surface area contributed by atoms with Crippen LogP contribution in [0.4, 0.5) is 0 Å². The lowest BCUT2D eigenvalue weighted by Crippen LogP contribution is -2.45. The number of hydrogen-bond acceptors (Lipinski definition) is 5. The van der Waals surface area contributed by atoms with E-state index in [0.29, 0.717) is 51.6 Å². The van der Waals surface area contributed by atoms with Crippen molar-refractivity contribution in [3.8, 4) is 16.9 Å². The molecule has 0 spiro atoms. The molecule has 0 aromatic heterocycles. The molecule has 4 rings (SSSR count). The number of carbonyl (C=O) groups excluding carboxylic acids is 1. The number of unbranched alkanes of at least 4 members (excludes halogenated alkanes) is 3. The van der Waals surface area contributed by atoms with E-state index in [1.807, 2.05) is 48.5 Å². The van der Waals surface area contributed by atoms with E-state index in [9.17, 15) is 9.36 Å². The number of carbonyl (C=O) groups is 1. The minimum Gasteiger partial charge on any atom is -0.497 e. The van der Waals surface area contributed by atoms with Gasteiger partial charge in [0.25, 0.3) is 0 Å². The van der Waals surface area contributed by atoms with E-state index in [1.54, 1.807) is 7.11 Å². The Labute approximate surface area is 251 Å². The minimum atomic E-state index is -3.19. The molecule has 0 unspecified atom stereocenters. The average Bonchev–Trinajstić information content (AvgIpc) is 3.30. The summed E-state index contributed by atoms with van der Waals surface area (Å²) < 4.78 is 30.6. The van der Waals surface area contributed by atoms with Gasteiger partial charge in [0.05, 0.1) is 26.5 Å². The lowest BCUT2D eigenvalue weighted by Gasteiger charge is -2.31. The molecular formula is C35H46NO5P. The van der Waals surface area contributed by atoms with E-state index in [2.05, 4.69) is 43.4 Å². The second kappa shape index (κ2) is 15.5. The number of benzene rings is 3. The molecule has 0 bridgehead atoms. The molecule has 0 radical (unpaired) electrons. The van der Waals surface area contributed by atoms with E-state index in [1.165, 1.54) is 0 Å². The highest BCUT2D eigenvalue weighted by Gasteiger charge is 2.48. The largest absolute Gasteiger partial charge is 0.497 e. The zero-order valence-electron chi connectivity index (χ0n) is 25.4. The predicted octanol–water partition coefficient (Wildman–Crippen LogP) is 8.32. The molecule has 42 heavy (non-hydrogen) atoms. The second-order valence-corrected chi connectivity index (χ2v) is 13.2. The number of fused-ring (bicyclic) bond motifs is 3. The van der Waals surface area contributed by atoms with Crippen LogP contribution in [0.3, 0.4) is 0 Å². The molecule has 0 saturated carbocycles. The number of methoxy groups -OCH3 is 1. The number of nitrogens with one attached hydrogen (secondary N) is 1. The molecule has 6 nitrogen and oxygen atoms in total. The van der Waals surface area contributed by atoms with Crippen LogP contribution in [0.15, 0.2) is 72.8 Å². The Kier molecular flexibility index (Phi) is 11.8. The van der Waals surface area contributed by atoms with E-state index in [0.717, 1.165) is 59.3 Å². The molecule has 226 valence electrons. The third-order valence-corrected chi connectivity index (χ3v) is 10.1. The Morgan fingerprint density at radius 1 is 0.810 bits per heavy atom. The van der Waals surface area contributed by atoms with Crippen LogP contribution < -0.4 is 10.1 Å². The van der Waals surface area contributed by atoms with Gasteiger partial charge in [0, 0.05) is 6.54 Å². The lowest BCUT2D eigenvalue weighted by molar-refractivity contribution is -0.125. The summed E-state index contributed by atoms with van der Waals surface area (Å²) in [4.78, 5) is 14.3. The Bertz CT molecular complexity index is 1300. The molecule has 0 heterocycles. The maximum atomic E-state index is 14.3. The molecule has 1 aliphatic rings. The van der Waals surface area contributed by atoms with Crippen molar-refractivity contribution >= 4 is 13.5 Å². The fourth-order valence-electron chi connectivity index (χ4n) is 5.81. The first-order chi connectivity index (χ1) is 20.5. The first-order valence-corrected chi connectivity index (χ1v) is 17.2. The third kappa shape index (κ3) is 7.53. The third-order valence-electron chi connectivity index (χ3n) is 8.09. The Morgan fingerprint density at radius 3 is 2.02 bits per heavy atom. The summed E-state index contributed by atoms with van der Waals surface area (Å²) in [5.74, 6) is 0.813. The van der Waals surface area contributed by atoms with Gasteiger partial charge in [-0.25, -0.2) is 0 Å². The van der Waals surface area contributed by atoms with Crippen molar-refractivity contribution in [3.05, 3.63) is 89.5 Å². The maximum absolute atomic E-state index is 14.3. The smallest absolute Gasteiger partial charge is 0.330 e. The van der Waals surface area contributed by atoms with Gasteiger partial charge in [-0.2, -0.15) is 0 Å². The van der Waals surface area contributed by atoms with E-state index in [-0.39, 0.29) is 5.91 Å². The van der Waals surface area contributed by atoms with Crippen LogP contribution in [0.2, 0.25) is 0 Å². The van der Waals surface area contributed by atoms with Crippen LogP contribution in [0.25, 0.3) is 11.1 Å². The minimum absolute atomic E-state index is 0.00405. The summed E-state index contributed by atoms with van der Waals surface area (Å²) in [7, 11) is -1.53. The zero-order valence-corrected chi connectivity index (χ0v) is 26.3. The fourth-order valence-corrected chi connectivity index (χ4v) is 7.57. The van der Waals surface area contributed by atoms with Crippen molar-refractivity contribution in [1.29, 1.82) is 0 Å². The SMILES string of the molecule is CCCCOP(=O)(CCCCC1(C(=O)NCCc2cccc(OC)c2)c2ccccc2-c2ccccc21)OCCCC. The molecule has 1 amide bonds. The number of hydrogen-bond donors (Lipinski definition) is 1. The van der Waals surface area contributed by atoms with Gasteiger partial charge < -0.3 is 19.1 Å². The van der Waals surface area contributed by atoms with Crippen molar-refractivity contribution in [3.63, 3.8) is 0 Å². The Hall–Kier alpha value is -2.92. The highest BCUT2D eigenvalue weighted by molar-refractivity contribution is 7.53. The molecule has 3 aromatic carbocycles. The van der Waals surface area contributed by atoms with Gasteiger partial charge in [-0.1, -0.05) is 93.8 Å². The van der Waals surface area contributed by atoms with Crippen molar-refractivity contribution in [2.24, 2.45) is 0 Å². The van der Waals surface area contributed by atoms with Crippen LogP contribution in [0.5, 0.6) is 5.75 Å². The van der Waals surface area contributed by atoms with Gasteiger partial charge in [0.2, 0.25) is 5.91 Å². The summed E-state index contributed by atoms with van der Waals surface area (Å²) in [6.45, 7) is 5.58. The summed E-state index contributed by atoms with van der Waals surface area (Å²) in [6, 6.07) is 24.4. The predicted molar refractivity (Wildman–Crippen MR) is 170 cm³/mol. The van der Waals surface area contributed by atoms with Crippen molar-refractivity contribution in [1.82, 2.24) is 5.32 Å². The molecule has 7 heteroatoms. The number of rotatable bonds is 18. The summed E-state index contributed by atoms with van der Waals surface area (Å²) in [5.41, 5.74) is 4.56. The highest BCUT2D eigenvalue weighted by atomic mass is 31.2. The van der Waals surface area contributed by atoms with Crippen molar-refractivity contribution < 1.29 is 23.1 Å². The molecule has 1 N–H and O–H groups in total. The molecular weight excluding hydrogens is 545 g/mol. The number of amides is 1. The molecule has 0 fully saturated rings. The standard InChI is InChI=1S/C35H46NO5P/c1-4-6-24-40-42(38,41-25-7-5-2)26-13-12-22-35(34(37)36-23-21-28-15-14-16-29(27-28)39-3)32-19-10-8-17-30(32)31-18-9-11-20-33(31)35/h8-11,14-20,27H,4-7,12-13,21-26H2,1-3H3,(H,36,37). The van der Waals surface area contributed by atoms with Crippen LogP contribution in [0, 0.1) is 0 Å². The zero-order chi connectivity index (χ0) is 29.8. The lowest BCUT2D eigenvalue weighted by atomic mass is 9.73. The molecule has 0 atom stereocenters. The van der Waals surface area contributed by atoms with Crippen LogP contribution in [0.1, 0.15) is 75.5 Å². The van der Waals surface area contributed by atoms with Crippen LogP contribution in [-0.4, -0.2) is 38.9 Å². The first kappa shape index (κ1) is 32.0. The molecule has 0 aliphatic heterocycles. The first-order valence-electron chi connectivity index (χ1n) is 15.5. The molecule has 0 saturated heterocycles. The number of ether oxygens (including phenoxy) is 1. The van der Waals surface area contributed by atoms with Gasteiger partial charge in [-0.3, -0.25) is 9.36 Å². The van der Waals surface area contributed by atoms with Crippen LogP contribution in [-0.2, 0) is 30.2 Å². The van der Waals surface area contributed by atoms with E-state index < -0.39 is 13.0 Å².